The number of hydrogen-bond acceptors (Lipinski definition) is 3. The van der Waals surface area contributed by atoms with Crippen LogP contribution in [0.2, 0.25) is 10.0 Å². The van der Waals surface area contributed by atoms with Crippen molar-refractivity contribution in [3.8, 4) is 5.69 Å². The molecule has 6 nitrogen and oxygen atoms in total. The van der Waals surface area contributed by atoms with E-state index in [0.717, 1.165) is 31.4 Å². The zero-order valence-corrected chi connectivity index (χ0v) is 20.8. The predicted molar refractivity (Wildman–Crippen MR) is 130 cm³/mol. The van der Waals surface area contributed by atoms with Gasteiger partial charge < -0.3 is 10.2 Å². The number of anilines is 1. The minimum absolute atomic E-state index is 0.0171. The maximum absolute atomic E-state index is 12.9. The van der Waals surface area contributed by atoms with Gasteiger partial charge in [0.05, 0.1) is 28.0 Å². The van der Waals surface area contributed by atoms with Gasteiger partial charge in [0.25, 0.3) is 0 Å². The zero-order chi connectivity index (χ0) is 23.5. The van der Waals surface area contributed by atoms with Gasteiger partial charge in [0.2, 0.25) is 11.8 Å². The second-order valence-corrected chi connectivity index (χ2v) is 10.2. The van der Waals surface area contributed by atoms with Crippen molar-refractivity contribution < 1.29 is 9.59 Å². The molecular weight excluding hydrogens is 447 g/mol. The topological polar surface area (TPSA) is 67.2 Å². The summed E-state index contributed by atoms with van der Waals surface area (Å²) in [5.74, 6) is 0.388. The molecule has 1 aliphatic rings. The Bertz CT molecular complexity index is 975. The van der Waals surface area contributed by atoms with Crippen molar-refractivity contribution in [2.45, 2.75) is 65.2 Å². The van der Waals surface area contributed by atoms with Crippen molar-refractivity contribution in [2.75, 3.05) is 18.4 Å². The van der Waals surface area contributed by atoms with Crippen LogP contribution >= 0.6 is 23.2 Å². The van der Waals surface area contributed by atoms with Crippen molar-refractivity contribution in [3.63, 3.8) is 0 Å². The number of amides is 2. The molecule has 2 amide bonds. The average molecular weight is 479 g/mol. The molecule has 3 rings (SSSR count). The Morgan fingerprint density at radius 2 is 1.81 bits per heavy atom. The molecule has 1 aliphatic carbocycles. The number of halogens is 2. The van der Waals surface area contributed by atoms with Crippen molar-refractivity contribution in [2.24, 2.45) is 5.92 Å². The van der Waals surface area contributed by atoms with Crippen LogP contribution in [0.3, 0.4) is 0 Å². The van der Waals surface area contributed by atoms with Crippen LogP contribution in [-0.2, 0) is 15.0 Å². The number of hydrogen-bond donors (Lipinski definition) is 1. The number of likely N-dealkylation sites (N-methyl/N-ethyl adjacent to an activating group) is 1. The molecule has 1 aromatic heterocycles. The van der Waals surface area contributed by atoms with Crippen LogP contribution in [0.5, 0.6) is 0 Å². The van der Waals surface area contributed by atoms with Gasteiger partial charge >= 0.3 is 0 Å². The first-order valence-electron chi connectivity index (χ1n) is 11.2. The summed E-state index contributed by atoms with van der Waals surface area (Å²) in [6.45, 7) is 8.60. The molecule has 0 unspecified atom stereocenters. The molecule has 2 aromatic rings. The number of nitrogens with zero attached hydrogens (tertiary/aromatic N) is 3. The van der Waals surface area contributed by atoms with Crippen molar-refractivity contribution >= 4 is 40.8 Å². The summed E-state index contributed by atoms with van der Waals surface area (Å²) in [4.78, 5) is 27.5. The summed E-state index contributed by atoms with van der Waals surface area (Å²) in [5, 5.41) is 8.51. The molecule has 8 heteroatoms. The fourth-order valence-corrected chi connectivity index (χ4v) is 4.25. The number of carbonyl (C=O) groups excluding carboxylic acids is 2. The van der Waals surface area contributed by atoms with Crippen molar-refractivity contribution in [3.05, 3.63) is 40.0 Å². The molecule has 0 atom stereocenters. The number of rotatable bonds is 6. The molecule has 174 valence electrons. The number of aromatic nitrogens is 2. The van der Waals surface area contributed by atoms with Gasteiger partial charge in [-0.3, -0.25) is 9.59 Å². The summed E-state index contributed by atoms with van der Waals surface area (Å²) in [6.07, 6.45) is 5.17. The Labute approximate surface area is 200 Å². The van der Waals surface area contributed by atoms with Crippen LogP contribution in [0.25, 0.3) is 5.69 Å². The smallest absolute Gasteiger partial charge is 0.245 e. The molecule has 1 saturated carbocycles. The molecule has 0 aliphatic heterocycles. The third-order valence-electron chi connectivity index (χ3n) is 5.88. The normalized spacial score (nSPS) is 14.9. The highest BCUT2D eigenvalue weighted by atomic mass is 35.5. The van der Waals surface area contributed by atoms with Gasteiger partial charge in [-0.25, -0.2) is 4.68 Å². The van der Waals surface area contributed by atoms with Gasteiger partial charge in [-0.15, -0.1) is 0 Å². The SMILES string of the molecule is CCN(CC(=O)Nc1cc(C(C)(C)C)nn1-c1ccc(Cl)c(Cl)c1)C(=O)C1CCCCC1. The molecule has 0 bridgehead atoms. The monoisotopic (exact) mass is 478 g/mol. The molecular formula is C24H32Cl2N4O2. The standard InChI is InChI=1S/C24H32Cl2N4O2/c1-5-29(23(32)16-9-7-6-8-10-16)15-22(31)27-21-14-20(24(2,3)4)28-30(21)17-11-12-18(25)19(26)13-17/h11-14,16H,5-10,15H2,1-4H3,(H,27,31). The van der Waals surface area contributed by atoms with Crippen LogP contribution in [-0.4, -0.2) is 39.6 Å². The first kappa shape index (κ1) is 24.6. The van der Waals surface area contributed by atoms with E-state index in [0.29, 0.717) is 28.1 Å². The van der Waals surface area contributed by atoms with E-state index in [2.05, 4.69) is 26.1 Å². The molecule has 0 radical (unpaired) electrons. The van der Waals surface area contributed by atoms with Crippen molar-refractivity contribution in [1.29, 1.82) is 0 Å². The zero-order valence-electron chi connectivity index (χ0n) is 19.3. The molecule has 1 heterocycles. The van der Waals surface area contributed by atoms with Gasteiger partial charge in [0.1, 0.15) is 5.82 Å². The maximum Gasteiger partial charge on any atom is 0.245 e. The number of carbonyl (C=O) groups is 2. The fraction of sp³-hybridized carbons (Fsp3) is 0.542. The van der Waals surface area contributed by atoms with E-state index in [-0.39, 0.29) is 29.7 Å². The average Bonchev–Trinajstić information content (AvgIpc) is 3.18. The summed E-state index contributed by atoms with van der Waals surface area (Å²) < 4.78 is 1.65. The lowest BCUT2D eigenvalue weighted by molar-refractivity contribution is -0.139. The Morgan fingerprint density at radius 1 is 1.12 bits per heavy atom. The lowest BCUT2D eigenvalue weighted by Gasteiger charge is -2.28. The highest BCUT2D eigenvalue weighted by Crippen LogP contribution is 2.30. The van der Waals surface area contributed by atoms with Crippen LogP contribution in [0, 0.1) is 5.92 Å². The minimum atomic E-state index is -0.252. The second kappa shape index (κ2) is 10.3. The second-order valence-electron chi connectivity index (χ2n) is 9.41. The van der Waals surface area contributed by atoms with Gasteiger partial charge in [0, 0.05) is 23.9 Å². The summed E-state index contributed by atoms with van der Waals surface area (Å²) in [7, 11) is 0. The Balaban J connectivity index is 1.81. The van der Waals surface area contributed by atoms with Gasteiger partial charge in [0.15, 0.2) is 0 Å². The van der Waals surface area contributed by atoms with E-state index in [1.165, 1.54) is 6.42 Å². The molecule has 0 saturated heterocycles. The highest BCUT2D eigenvalue weighted by Gasteiger charge is 2.27. The van der Waals surface area contributed by atoms with Gasteiger partial charge in [-0.05, 0) is 38.0 Å². The third kappa shape index (κ3) is 5.84. The fourth-order valence-electron chi connectivity index (χ4n) is 3.96. The molecule has 1 aromatic carbocycles. The first-order chi connectivity index (χ1) is 15.1. The molecule has 1 fully saturated rings. The Kier molecular flexibility index (Phi) is 7.88. The summed E-state index contributed by atoms with van der Waals surface area (Å²) in [6, 6.07) is 7.07. The van der Waals surface area contributed by atoms with Crippen LogP contribution in [0.15, 0.2) is 24.3 Å². The van der Waals surface area contributed by atoms with Crippen LogP contribution < -0.4 is 5.32 Å². The van der Waals surface area contributed by atoms with Crippen LogP contribution in [0.1, 0.15) is 65.5 Å². The van der Waals surface area contributed by atoms with E-state index in [4.69, 9.17) is 28.3 Å². The summed E-state index contributed by atoms with van der Waals surface area (Å²) >= 11 is 12.3. The van der Waals surface area contributed by atoms with E-state index in [1.807, 2.05) is 13.0 Å². The van der Waals surface area contributed by atoms with Crippen LogP contribution in [0.4, 0.5) is 5.82 Å². The van der Waals surface area contributed by atoms with E-state index in [1.54, 1.807) is 27.8 Å². The Morgan fingerprint density at radius 3 is 2.41 bits per heavy atom. The Hall–Kier alpha value is -2.05. The molecule has 0 spiro atoms. The van der Waals surface area contributed by atoms with E-state index >= 15 is 0 Å². The summed E-state index contributed by atoms with van der Waals surface area (Å²) in [5.41, 5.74) is 1.30. The van der Waals surface area contributed by atoms with Gasteiger partial charge in [-0.2, -0.15) is 5.10 Å². The first-order valence-corrected chi connectivity index (χ1v) is 12.0. The van der Waals surface area contributed by atoms with Crippen molar-refractivity contribution in [1.82, 2.24) is 14.7 Å². The van der Waals surface area contributed by atoms with Gasteiger partial charge in [-0.1, -0.05) is 63.2 Å². The highest BCUT2D eigenvalue weighted by molar-refractivity contribution is 6.42. The lowest BCUT2D eigenvalue weighted by atomic mass is 9.88. The maximum atomic E-state index is 12.9. The predicted octanol–water partition coefficient (Wildman–Crippen LogP) is 5.84. The van der Waals surface area contributed by atoms with E-state index < -0.39 is 0 Å². The minimum Gasteiger partial charge on any atom is -0.333 e. The molecule has 32 heavy (non-hydrogen) atoms. The lowest BCUT2D eigenvalue weighted by Crippen LogP contribution is -2.41. The third-order valence-corrected chi connectivity index (χ3v) is 6.61. The quantitative estimate of drug-likeness (QED) is 0.566. The largest absolute Gasteiger partial charge is 0.333 e. The molecule has 1 N–H and O–H groups in total. The number of nitrogens with one attached hydrogen (secondary N) is 1. The van der Waals surface area contributed by atoms with E-state index in [9.17, 15) is 9.59 Å². The number of benzene rings is 1.